The molecule has 1 amide bonds. The molecule has 0 radical (unpaired) electrons. The summed E-state index contributed by atoms with van der Waals surface area (Å²) in [7, 11) is 0. The summed E-state index contributed by atoms with van der Waals surface area (Å²) in [6.45, 7) is 3.82. The number of aliphatic carboxylic acids is 1. The number of nitrogens with one attached hydrogen (secondary N) is 1. The van der Waals surface area contributed by atoms with Crippen LogP contribution in [-0.2, 0) is 16.1 Å². The van der Waals surface area contributed by atoms with Gasteiger partial charge in [0.2, 0.25) is 5.91 Å². The highest BCUT2D eigenvalue weighted by molar-refractivity contribution is 5.77. The Morgan fingerprint density at radius 1 is 1.35 bits per heavy atom. The van der Waals surface area contributed by atoms with Crippen molar-refractivity contribution in [2.45, 2.75) is 33.2 Å². The Labute approximate surface area is 118 Å². The quantitative estimate of drug-likeness (QED) is 0.830. The van der Waals surface area contributed by atoms with Gasteiger partial charge in [-0.2, -0.15) is 5.26 Å². The van der Waals surface area contributed by atoms with Crippen molar-refractivity contribution in [3.8, 4) is 6.07 Å². The topological polar surface area (TPSA) is 90.2 Å². The first kappa shape index (κ1) is 15.7. The van der Waals surface area contributed by atoms with E-state index in [0.717, 1.165) is 5.56 Å². The number of nitrogens with zero attached hydrogens (tertiary/aromatic N) is 1. The van der Waals surface area contributed by atoms with Crippen molar-refractivity contribution in [1.82, 2.24) is 5.32 Å². The lowest BCUT2D eigenvalue weighted by Gasteiger charge is -2.21. The minimum atomic E-state index is -0.912. The molecular formula is C15H18N2O3. The molecule has 2 N–H and O–H groups in total. The van der Waals surface area contributed by atoms with Crippen LogP contribution in [0.2, 0.25) is 0 Å². The standard InChI is InChI=1S/C15H18N2O3/c1-15(2,8-14(19)20)7-13(18)17-10-12-5-3-4-11(6-12)9-16/h3-6H,7-8,10H2,1-2H3,(H,17,18)(H,19,20). The van der Waals surface area contributed by atoms with Crippen molar-refractivity contribution < 1.29 is 14.7 Å². The number of hydrogen-bond donors (Lipinski definition) is 2. The third-order valence-corrected chi connectivity index (χ3v) is 2.81. The third-order valence-electron chi connectivity index (χ3n) is 2.81. The van der Waals surface area contributed by atoms with E-state index in [1.165, 1.54) is 0 Å². The number of carbonyl (C=O) groups excluding carboxylic acids is 1. The highest BCUT2D eigenvalue weighted by atomic mass is 16.4. The van der Waals surface area contributed by atoms with Crippen LogP contribution < -0.4 is 5.32 Å². The Bertz CT molecular complexity index is 544. The van der Waals surface area contributed by atoms with Crippen molar-refractivity contribution in [1.29, 1.82) is 5.26 Å². The smallest absolute Gasteiger partial charge is 0.303 e. The lowest BCUT2D eigenvalue weighted by molar-refractivity contribution is -0.139. The van der Waals surface area contributed by atoms with Crippen LogP contribution in [-0.4, -0.2) is 17.0 Å². The molecule has 0 atom stereocenters. The van der Waals surface area contributed by atoms with Crippen LogP contribution in [0.25, 0.3) is 0 Å². The Hall–Kier alpha value is -2.35. The summed E-state index contributed by atoms with van der Waals surface area (Å²) < 4.78 is 0. The zero-order valence-corrected chi connectivity index (χ0v) is 11.6. The SMILES string of the molecule is CC(C)(CC(=O)O)CC(=O)NCc1cccc(C#N)c1. The highest BCUT2D eigenvalue weighted by Gasteiger charge is 2.24. The molecule has 0 aliphatic heterocycles. The molecule has 0 aliphatic rings. The molecule has 1 aromatic rings. The summed E-state index contributed by atoms with van der Waals surface area (Å²) in [6, 6.07) is 9.02. The van der Waals surface area contributed by atoms with Gasteiger partial charge in [-0.3, -0.25) is 9.59 Å². The minimum Gasteiger partial charge on any atom is -0.481 e. The van der Waals surface area contributed by atoms with Crippen molar-refractivity contribution in [3.63, 3.8) is 0 Å². The molecule has 0 saturated heterocycles. The van der Waals surface area contributed by atoms with Crippen LogP contribution in [0.15, 0.2) is 24.3 Å². The molecule has 106 valence electrons. The fourth-order valence-corrected chi connectivity index (χ4v) is 1.92. The Balaban J connectivity index is 2.51. The second-order valence-electron chi connectivity index (χ2n) is 5.50. The Morgan fingerprint density at radius 2 is 2.05 bits per heavy atom. The van der Waals surface area contributed by atoms with Crippen molar-refractivity contribution in [3.05, 3.63) is 35.4 Å². The first-order valence-electron chi connectivity index (χ1n) is 6.30. The van der Waals surface area contributed by atoms with Crippen LogP contribution in [0.1, 0.15) is 37.8 Å². The monoisotopic (exact) mass is 274 g/mol. The maximum atomic E-state index is 11.8. The van der Waals surface area contributed by atoms with Gasteiger partial charge in [-0.25, -0.2) is 0 Å². The van der Waals surface area contributed by atoms with Gasteiger partial charge in [0.25, 0.3) is 0 Å². The van der Waals surface area contributed by atoms with E-state index in [1.807, 2.05) is 12.1 Å². The molecule has 1 rings (SSSR count). The van der Waals surface area contributed by atoms with Crippen LogP contribution in [0.5, 0.6) is 0 Å². The van der Waals surface area contributed by atoms with Gasteiger partial charge in [0.05, 0.1) is 18.1 Å². The number of rotatable bonds is 6. The number of carbonyl (C=O) groups is 2. The average molecular weight is 274 g/mol. The average Bonchev–Trinajstić information content (AvgIpc) is 2.34. The number of carboxylic acid groups (broad SMARTS) is 1. The molecular weight excluding hydrogens is 256 g/mol. The Kier molecular flexibility index (Phi) is 5.27. The van der Waals surface area contributed by atoms with Gasteiger partial charge in [-0.15, -0.1) is 0 Å². The summed E-state index contributed by atoms with van der Waals surface area (Å²) in [5.41, 5.74) is 0.807. The molecule has 0 unspecified atom stereocenters. The van der Waals surface area contributed by atoms with Gasteiger partial charge in [0.15, 0.2) is 0 Å². The maximum Gasteiger partial charge on any atom is 0.303 e. The van der Waals surface area contributed by atoms with E-state index in [0.29, 0.717) is 12.1 Å². The number of carboxylic acids is 1. The van der Waals surface area contributed by atoms with Gasteiger partial charge >= 0.3 is 5.97 Å². The molecule has 0 spiro atoms. The maximum absolute atomic E-state index is 11.8. The van der Waals surface area contributed by atoms with E-state index in [-0.39, 0.29) is 18.7 Å². The second kappa shape index (κ2) is 6.71. The predicted molar refractivity (Wildman–Crippen MR) is 73.7 cm³/mol. The van der Waals surface area contributed by atoms with E-state index in [1.54, 1.807) is 32.0 Å². The summed E-state index contributed by atoms with van der Waals surface area (Å²) in [5.74, 6) is -1.11. The molecule has 0 heterocycles. The molecule has 0 bridgehead atoms. The van der Waals surface area contributed by atoms with E-state index in [4.69, 9.17) is 10.4 Å². The lowest BCUT2D eigenvalue weighted by Crippen LogP contribution is -2.29. The first-order chi connectivity index (χ1) is 9.32. The van der Waals surface area contributed by atoms with E-state index >= 15 is 0 Å². The molecule has 0 aliphatic carbocycles. The van der Waals surface area contributed by atoms with Gasteiger partial charge in [0.1, 0.15) is 0 Å². The van der Waals surface area contributed by atoms with Crippen LogP contribution in [0.4, 0.5) is 0 Å². The molecule has 0 aromatic heterocycles. The number of benzene rings is 1. The van der Waals surface area contributed by atoms with Crippen LogP contribution in [0.3, 0.4) is 0 Å². The summed E-state index contributed by atoms with van der Waals surface area (Å²) >= 11 is 0. The molecule has 20 heavy (non-hydrogen) atoms. The zero-order chi connectivity index (χ0) is 15.2. The molecule has 1 aromatic carbocycles. The molecule has 0 saturated carbocycles. The van der Waals surface area contributed by atoms with Gasteiger partial charge in [0, 0.05) is 13.0 Å². The minimum absolute atomic E-state index is 0.0513. The molecule has 0 fully saturated rings. The largest absolute Gasteiger partial charge is 0.481 e. The predicted octanol–water partition coefficient (Wildman–Crippen LogP) is 2.07. The van der Waals surface area contributed by atoms with E-state index in [9.17, 15) is 9.59 Å². The number of amides is 1. The van der Waals surface area contributed by atoms with Gasteiger partial charge in [-0.05, 0) is 23.1 Å². The molecule has 5 heteroatoms. The highest BCUT2D eigenvalue weighted by Crippen LogP contribution is 2.24. The van der Waals surface area contributed by atoms with Crippen molar-refractivity contribution in [2.24, 2.45) is 5.41 Å². The second-order valence-corrected chi connectivity index (χ2v) is 5.50. The first-order valence-corrected chi connectivity index (χ1v) is 6.30. The van der Waals surface area contributed by atoms with E-state index < -0.39 is 11.4 Å². The molecule has 5 nitrogen and oxygen atoms in total. The number of hydrogen-bond acceptors (Lipinski definition) is 3. The van der Waals surface area contributed by atoms with Crippen molar-refractivity contribution in [2.75, 3.05) is 0 Å². The van der Waals surface area contributed by atoms with E-state index in [2.05, 4.69) is 5.32 Å². The van der Waals surface area contributed by atoms with Gasteiger partial charge < -0.3 is 10.4 Å². The lowest BCUT2D eigenvalue weighted by atomic mass is 9.85. The summed E-state index contributed by atoms with van der Waals surface area (Å²) in [4.78, 5) is 22.5. The summed E-state index contributed by atoms with van der Waals surface area (Å²) in [5, 5.41) is 20.3. The Morgan fingerprint density at radius 3 is 2.65 bits per heavy atom. The van der Waals surface area contributed by atoms with Crippen LogP contribution >= 0.6 is 0 Å². The zero-order valence-electron chi connectivity index (χ0n) is 11.6. The summed E-state index contributed by atoms with van der Waals surface area (Å²) in [6.07, 6.45) is 0.0988. The fourth-order valence-electron chi connectivity index (χ4n) is 1.92. The third kappa shape index (κ3) is 5.53. The number of nitriles is 1. The fraction of sp³-hybridized carbons (Fsp3) is 0.400. The van der Waals surface area contributed by atoms with Gasteiger partial charge in [-0.1, -0.05) is 26.0 Å². The van der Waals surface area contributed by atoms with Crippen molar-refractivity contribution >= 4 is 11.9 Å². The van der Waals surface area contributed by atoms with Crippen LogP contribution in [0, 0.1) is 16.7 Å². The normalized spacial score (nSPS) is 10.7.